The summed E-state index contributed by atoms with van der Waals surface area (Å²) in [5.74, 6) is 0.571. The van der Waals surface area contributed by atoms with Gasteiger partial charge in [-0.25, -0.2) is 9.78 Å². The molecule has 0 saturated heterocycles. The molecule has 25 heavy (non-hydrogen) atoms. The molecule has 2 rings (SSSR count). The fraction of sp³-hybridized carbons (Fsp3) is 0.333. The molecule has 10 heteroatoms. The van der Waals surface area contributed by atoms with Gasteiger partial charge in [-0.15, -0.1) is 13.2 Å². The molecule has 0 radical (unpaired) electrons. The highest BCUT2D eigenvalue weighted by Crippen LogP contribution is 2.23. The van der Waals surface area contributed by atoms with Gasteiger partial charge in [-0.1, -0.05) is 0 Å². The predicted molar refractivity (Wildman–Crippen MR) is 84.9 cm³/mol. The number of halogens is 3. The van der Waals surface area contributed by atoms with Crippen molar-refractivity contribution in [2.45, 2.75) is 26.3 Å². The van der Waals surface area contributed by atoms with E-state index in [1.54, 1.807) is 6.20 Å². The number of hydrogen-bond acceptors (Lipinski definition) is 4. The van der Waals surface area contributed by atoms with Crippen LogP contribution in [0.25, 0.3) is 0 Å². The van der Waals surface area contributed by atoms with Gasteiger partial charge >= 0.3 is 12.4 Å². The van der Waals surface area contributed by atoms with E-state index in [9.17, 15) is 18.0 Å². The number of carbonyl (C=O) groups is 1. The highest BCUT2D eigenvalue weighted by atomic mass is 19.4. The lowest BCUT2D eigenvalue weighted by Gasteiger charge is -2.12. The van der Waals surface area contributed by atoms with Crippen molar-refractivity contribution in [2.24, 2.45) is 0 Å². The van der Waals surface area contributed by atoms with Crippen molar-refractivity contribution in [1.82, 2.24) is 20.3 Å². The van der Waals surface area contributed by atoms with Gasteiger partial charge in [0.2, 0.25) is 0 Å². The number of nitrogens with zero attached hydrogens (tertiary/aromatic N) is 2. The van der Waals surface area contributed by atoms with E-state index in [1.807, 2.05) is 17.7 Å². The van der Waals surface area contributed by atoms with Gasteiger partial charge in [0.25, 0.3) is 0 Å². The van der Waals surface area contributed by atoms with Crippen molar-refractivity contribution >= 4 is 11.7 Å². The number of nitrogens with one attached hydrogen (secondary N) is 3. The number of rotatable bonds is 7. The van der Waals surface area contributed by atoms with E-state index in [0.717, 1.165) is 30.9 Å². The fourth-order valence-corrected chi connectivity index (χ4v) is 2.00. The number of amides is 2. The smallest absolute Gasteiger partial charge is 0.406 e. The molecule has 0 bridgehead atoms. The third-order valence-corrected chi connectivity index (χ3v) is 3.19. The Morgan fingerprint density at radius 2 is 2.00 bits per heavy atom. The summed E-state index contributed by atoms with van der Waals surface area (Å²) in [4.78, 5) is 15.7. The second-order valence-electron chi connectivity index (χ2n) is 5.10. The average Bonchev–Trinajstić information content (AvgIpc) is 2.94. The molecule has 1 aromatic carbocycles. The molecule has 7 nitrogen and oxygen atoms in total. The van der Waals surface area contributed by atoms with Crippen molar-refractivity contribution in [3.8, 4) is 5.75 Å². The zero-order valence-electron chi connectivity index (χ0n) is 13.4. The van der Waals surface area contributed by atoms with Crippen LogP contribution in [0.3, 0.4) is 0 Å². The third-order valence-electron chi connectivity index (χ3n) is 3.19. The van der Waals surface area contributed by atoms with Crippen LogP contribution in [0.2, 0.25) is 0 Å². The first-order chi connectivity index (χ1) is 11.8. The van der Waals surface area contributed by atoms with Gasteiger partial charge < -0.3 is 14.6 Å². The first-order valence-corrected chi connectivity index (χ1v) is 7.47. The Labute approximate surface area is 142 Å². The number of alkyl halides is 3. The molecule has 136 valence electrons. The summed E-state index contributed by atoms with van der Waals surface area (Å²) in [6.45, 7) is 3.10. The SMILES string of the molecule is Cc1nccn1CCCNC(=O)NNc1ccc(OC(F)(F)F)cc1. The molecule has 1 heterocycles. The molecule has 0 aliphatic rings. The molecule has 0 fully saturated rings. The number of benzene rings is 1. The summed E-state index contributed by atoms with van der Waals surface area (Å²) in [5.41, 5.74) is 5.39. The van der Waals surface area contributed by atoms with E-state index >= 15 is 0 Å². The summed E-state index contributed by atoms with van der Waals surface area (Å²) < 4.78 is 41.9. The van der Waals surface area contributed by atoms with Gasteiger partial charge in [0, 0.05) is 25.5 Å². The van der Waals surface area contributed by atoms with Crippen molar-refractivity contribution < 1.29 is 22.7 Å². The third kappa shape index (κ3) is 6.61. The minimum atomic E-state index is -4.73. The van der Waals surface area contributed by atoms with Crippen LogP contribution in [-0.2, 0) is 6.54 Å². The van der Waals surface area contributed by atoms with Crippen LogP contribution in [0.15, 0.2) is 36.7 Å². The van der Waals surface area contributed by atoms with Crippen molar-refractivity contribution in [3.63, 3.8) is 0 Å². The zero-order valence-corrected chi connectivity index (χ0v) is 13.4. The van der Waals surface area contributed by atoms with Gasteiger partial charge in [0.15, 0.2) is 0 Å². The van der Waals surface area contributed by atoms with E-state index in [2.05, 4.69) is 25.9 Å². The second-order valence-corrected chi connectivity index (χ2v) is 5.10. The first-order valence-electron chi connectivity index (χ1n) is 7.47. The fourth-order valence-electron chi connectivity index (χ4n) is 2.00. The van der Waals surface area contributed by atoms with Crippen LogP contribution in [0.5, 0.6) is 5.75 Å². The highest BCUT2D eigenvalue weighted by molar-refractivity contribution is 5.75. The Morgan fingerprint density at radius 3 is 2.60 bits per heavy atom. The summed E-state index contributed by atoms with van der Waals surface area (Å²) >= 11 is 0. The Bertz CT molecular complexity index is 685. The van der Waals surface area contributed by atoms with Gasteiger partial charge in [-0.05, 0) is 37.6 Å². The largest absolute Gasteiger partial charge is 0.573 e. The lowest BCUT2D eigenvalue weighted by molar-refractivity contribution is -0.274. The molecule has 1 aromatic heterocycles. The molecule has 3 N–H and O–H groups in total. The molecular weight excluding hydrogens is 339 g/mol. The van der Waals surface area contributed by atoms with Crippen LogP contribution in [0.4, 0.5) is 23.7 Å². The van der Waals surface area contributed by atoms with E-state index in [0.29, 0.717) is 12.2 Å². The molecular formula is C15H18F3N5O2. The molecule has 0 spiro atoms. The standard InChI is InChI=1S/C15H18F3N5O2/c1-11-19-8-10-23(11)9-2-7-20-14(24)22-21-12-3-5-13(6-4-12)25-15(16,17)18/h3-6,8,10,21H,2,7,9H2,1H3,(H2,20,22,24). The Hall–Kier alpha value is -2.91. The van der Waals surface area contributed by atoms with Gasteiger partial charge in [-0.2, -0.15) is 0 Å². The molecule has 0 aliphatic carbocycles. The monoisotopic (exact) mass is 357 g/mol. The molecule has 0 saturated carbocycles. The van der Waals surface area contributed by atoms with Gasteiger partial charge in [-0.3, -0.25) is 10.9 Å². The second kappa shape index (κ2) is 8.27. The first kappa shape index (κ1) is 18.4. The number of imidazole rings is 1. The number of anilines is 1. The molecule has 2 amide bonds. The zero-order chi connectivity index (χ0) is 18.3. The topological polar surface area (TPSA) is 80.2 Å². The average molecular weight is 357 g/mol. The molecule has 0 unspecified atom stereocenters. The van der Waals surface area contributed by atoms with Crippen LogP contribution >= 0.6 is 0 Å². The number of ether oxygens (including phenoxy) is 1. The summed E-state index contributed by atoms with van der Waals surface area (Å²) in [5, 5.41) is 2.66. The Kier molecular flexibility index (Phi) is 6.09. The summed E-state index contributed by atoms with van der Waals surface area (Å²) in [7, 11) is 0. The van der Waals surface area contributed by atoms with E-state index in [1.165, 1.54) is 12.1 Å². The van der Waals surface area contributed by atoms with Crippen molar-refractivity contribution in [1.29, 1.82) is 0 Å². The number of aryl methyl sites for hydroxylation is 2. The minimum absolute atomic E-state index is 0.336. The molecule has 0 aliphatic heterocycles. The summed E-state index contributed by atoms with van der Waals surface area (Å²) in [6.07, 6.45) is -0.427. The number of hydrazine groups is 1. The van der Waals surface area contributed by atoms with Crippen LogP contribution in [0, 0.1) is 6.92 Å². The maximum atomic E-state index is 12.0. The van der Waals surface area contributed by atoms with E-state index in [-0.39, 0.29) is 5.75 Å². The van der Waals surface area contributed by atoms with Crippen LogP contribution in [-0.4, -0.2) is 28.5 Å². The lowest BCUT2D eigenvalue weighted by Crippen LogP contribution is -2.39. The quantitative estimate of drug-likeness (QED) is 0.526. The highest BCUT2D eigenvalue weighted by Gasteiger charge is 2.30. The Morgan fingerprint density at radius 1 is 1.28 bits per heavy atom. The van der Waals surface area contributed by atoms with Crippen molar-refractivity contribution in [2.75, 3.05) is 12.0 Å². The minimum Gasteiger partial charge on any atom is -0.406 e. The van der Waals surface area contributed by atoms with Crippen molar-refractivity contribution in [3.05, 3.63) is 42.5 Å². The maximum absolute atomic E-state index is 12.0. The van der Waals surface area contributed by atoms with Crippen LogP contribution < -0.4 is 20.9 Å². The van der Waals surface area contributed by atoms with E-state index in [4.69, 9.17) is 0 Å². The molecule has 0 atom stereocenters. The van der Waals surface area contributed by atoms with Gasteiger partial charge in [0.05, 0.1) is 5.69 Å². The molecule has 2 aromatic rings. The van der Waals surface area contributed by atoms with Crippen LogP contribution in [0.1, 0.15) is 12.2 Å². The van der Waals surface area contributed by atoms with Gasteiger partial charge in [0.1, 0.15) is 11.6 Å². The normalized spacial score (nSPS) is 11.0. The maximum Gasteiger partial charge on any atom is 0.573 e. The lowest BCUT2D eigenvalue weighted by atomic mass is 10.3. The summed E-state index contributed by atoms with van der Waals surface area (Å²) in [6, 6.07) is 4.54. The number of urea groups is 1. The number of carbonyl (C=O) groups excluding carboxylic acids is 1. The predicted octanol–water partition coefficient (Wildman–Crippen LogP) is 2.81. The Balaban J connectivity index is 1.65. The number of aromatic nitrogens is 2. The number of hydrogen-bond donors (Lipinski definition) is 3. The van der Waals surface area contributed by atoms with E-state index < -0.39 is 12.4 Å².